The van der Waals surface area contributed by atoms with E-state index in [1.165, 1.54) is 12.1 Å². The Labute approximate surface area is 160 Å². The van der Waals surface area contributed by atoms with Gasteiger partial charge in [-0.3, -0.25) is 4.79 Å². The molecule has 2 aromatic carbocycles. The molecule has 0 saturated heterocycles. The van der Waals surface area contributed by atoms with Crippen LogP contribution >= 0.6 is 11.3 Å². The number of benzene rings is 2. The predicted octanol–water partition coefficient (Wildman–Crippen LogP) is 4.38. The van der Waals surface area contributed by atoms with Gasteiger partial charge in [0.15, 0.2) is 5.13 Å². The number of nitrogens with zero attached hydrogens (tertiary/aromatic N) is 1. The van der Waals surface area contributed by atoms with Crippen LogP contribution in [0, 0.1) is 5.82 Å². The monoisotopic (exact) mass is 383 g/mol. The molecule has 0 fully saturated rings. The van der Waals surface area contributed by atoms with Crippen molar-refractivity contribution in [2.45, 2.75) is 18.9 Å². The van der Waals surface area contributed by atoms with E-state index in [1.807, 2.05) is 31.3 Å². The molecule has 2 heterocycles. The molecule has 0 aliphatic carbocycles. The van der Waals surface area contributed by atoms with Crippen molar-refractivity contribution >= 4 is 28.2 Å². The summed E-state index contributed by atoms with van der Waals surface area (Å²) in [6.07, 6.45) is 0.375. The number of nitrogens with one attached hydrogen (secondary N) is 2. The van der Waals surface area contributed by atoms with Crippen LogP contribution < -0.4 is 15.4 Å². The van der Waals surface area contributed by atoms with Crippen molar-refractivity contribution in [3.63, 3.8) is 0 Å². The number of halogens is 1. The molecule has 0 bridgehead atoms. The summed E-state index contributed by atoms with van der Waals surface area (Å²) in [6, 6.07) is 14.0. The minimum Gasteiger partial charge on any atom is -0.489 e. The van der Waals surface area contributed by atoms with Gasteiger partial charge in [-0.15, -0.1) is 0 Å². The van der Waals surface area contributed by atoms with Gasteiger partial charge < -0.3 is 15.4 Å². The molecule has 2 N–H and O–H groups in total. The highest BCUT2D eigenvalue weighted by atomic mass is 32.1. The van der Waals surface area contributed by atoms with E-state index in [9.17, 15) is 9.18 Å². The Hall–Kier alpha value is -2.93. The fraction of sp³-hybridized carbons (Fsp3) is 0.200. The fourth-order valence-electron chi connectivity index (χ4n) is 3.06. The summed E-state index contributed by atoms with van der Waals surface area (Å²) < 4.78 is 18.9. The Bertz CT molecular complexity index is 972. The summed E-state index contributed by atoms with van der Waals surface area (Å²) in [4.78, 5) is 17.6. The summed E-state index contributed by atoms with van der Waals surface area (Å²) in [5.74, 6) is 0.976. The standard InChI is InChI=1S/C20H18FN3O2S/c1-22-20-24-19-18(27-20)16(10-17(25)23-19)13-3-2-4-15(9-13)26-11-12-5-7-14(21)8-6-12/h2-9,16H,10-11H2,1H3,(H,22,24)(H,23,25)/t16-/m0/s1. The molecule has 0 radical (unpaired) electrons. The topological polar surface area (TPSA) is 63.3 Å². The molecular weight excluding hydrogens is 365 g/mol. The van der Waals surface area contributed by atoms with Crippen LogP contribution in [-0.2, 0) is 11.4 Å². The Morgan fingerprint density at radius 3 is 2.89 bits per heavy atom. The molecule has 0 unspecified atom stereocenters. The second-order valence-electron chi connectivity index (χ2n) is 6.27. The number of carbonyl (C=O) groups excluding carboxylic acids is 1. The average Bonchev–Trinajstić information content (AvgIpc) is 3.10. The summed E-state index contributed by atoms with van der Waals surface area (Å²) in [7, 11) is 1.81. The van der Waals surface area contributed by atoms with Gasteiger partial charge >= 0.3 is 0 Å². The Kier molecular flexibility index (Phi) is 4.77. The Morgan fingerprint density at radius 2 is 2.11 bits per heavy atom. The lowest BCUT2D eigenvalue weighted by atomic mass is 9.91. The third-order valence-electron chi connectivity index (χ3n) is 4.41. The number of carbonyl (C=O) groups is 1. The number of ether oxygens (including phenoxy) is 1. The van der Waals surface area contributed by atoms with Gasteiger partial charge in [0.1, 0.15) is 24.0 Å². The van der Waals surface area contributed by atoms with E-state index < -0.39 is 0 Å². The number of rotatable bonds is 5. The largest absolute Gasteiger partial charge is 0.489 e. The summed E-state index contributed by atoms with van der Waals surface area (Å²) >= 11 is 1.54. The summed E-state index contributed by atoms with van der Waals surface area (Å²) in [6.45, 7) is 0.352. The second-order valence-corrected chi connectivity index (χ2v) is 7.31. The van der Waals surface area contributed by atoms with Crippen LogP contribution in [0.25, 0.3) is 0 Å². The van der Waals surface area contributed by atoms with Gasteiger partial charge in [-0.25, -0.2) is 9.37 Å². The third kappa shape index (κ3) is 3.78. The molecule has 4 rings (SSSR count). The van der Waals surface area contributed by atoms with Crippen molar-refractivity contribution in [1.29, 1.82) is 0 Å². The Morgan fingerprint density at radius 1 is 1.30 bits per heavy atom. The number of aromatic nitrogens is 1. The first-order chi connectivity index (χ1) is 13.1. The van der Waals surface area contributed by atoms with Gasteiger partial charge in [0.2, 0.25) is 5.91 Å². The van der Waals surface area contributed by atoms with E-state index in [2.05, 4.69) is 15.6 Å². The van der Waals surface area contributed by atoms with Crippen molar-refractivity contribution < 1.29 is 13.9 Å². The van der Waals surface area contributed by atoms with Crippen LogP contribution in [0.4, 0.5) is 15.3 Å². The molecule has 0 spiro atoms. The highest BCUT2D eigenvalue weighted by molar-refractivity contribution is 7.16. The molecular formula is C20H18FN3O2S. The molecule has 0 saturated carbocycles. The zero-order chi connectivity index (χ0) is 18.8. The van der Waals surface area contributed by atoms with E-state index in [0.29, 0.717) is 24.6 Å². The van der Waals surface area contributed by atoms with E-state index in [4.69, 9.17) is 4.74 Å². The summed E-state index contributed by atoms with van der Waals surface area (Å²) in [5.41, 5.74) is 1.90. The number of hydrogen-bond acceptors (Lipinski definition) is 5. The zero-order valence-corrected chi connectivity index (χ0v) is 15.5. The smallest absolute Gasteiger partial charge is 0.226 e. The molecule has 1 aliphatic heterocycles. The summed E-state index contributed by atoms with van der Waals surface area (Å²) in [5, 5.41) is 6.64. The van der Waals surface area contributed by atoms with E-state index in [1.54, 1.807) is 23.5 Å². The van der Waals surface area contributed by atoms with Crippen molar-refractivity contribution in [2.75, 3.05) is 17.7 Å². The quantitative estimate of drug-likeness (QED) is 0.686. The Balaban J connectivity index is 1.56. The van der Waals surface area contributed by atoms with Gasteiger partial charge in [-0.1, -0.05) is 35.6 Å². The van der Waals surface area contributed by atoms with Crippen molar-refractivity contribution in [3.05, 3.63) is 70.4 Å². The van der Waals surface area contributed by atoms with Crippen LogP contribution in [-0.4, -0.2) is 17.9 Å². The lowest BCUT2D eigenvalue weighted by Gasteiger charge is -2.22. The van der Waals surface area contributed by atoms with Crippen LogP contribution in [0.1, 0.15) is 28.3 Å². The molecule has 1 aromatic heterocycles. The van der Waals surface area contributed by atoms with Crippen molar-refractivity contribution in [2.24, 2.45) is 0 Å². The van der Waals surface area contributed by atoms with Crippen LogP contribution in [0.3, 0.4) is 0 Å². The normalized spacial score (nSPS) is 15.8. The molecule has 138 valence electrons. The lowest BCUT2D eigenvalue weighted by molar-refractivity contribution is -0.116. The first-order valence-corrected chi connectivity index (χ1v) is 9.39. The molecule has 1 aliphatic rings. The maximum atomic E-state index is 13.0. The first kappa shape index (κ1) is 17.5. The number of anilines is 2. The minimum atomic E-state index is -0.266. The predicted molar refractivity (Wildman–Crippen MR) is 104 cm³/mol. The second kappa shape index (κ2) is 7.36. The highest BCUT2D eigenvalue weighted by Gasteiger charge is 2.30. The van der Waals surface area contributed by atoms with Gasteiger partial charge in [0.05, 0.1) is 4.88 Å². The number of amides is 1. The molecule has 27 heavy (non-hydrogen) atoms. The number of hydrogen-bond donors (Lipinski definition) is 2. The number of thiazole rings is 1. The molecule has 3 aromatic rings. The molecule has 7 heteroatoms. The lowest BCUT2D eigenvalue weighted by Crippen LogP contribution is -2.22. The van der Waals surface area contributed by atoms with Crippen LogP contribution in [0.2, 0.25) is 0 Å². The van der Waals surface area contributed by atoms with Gasteiger partial charge in [0.25, 0.3) is 0 Å². The van der Waals surface area contributed by atoms with Gasteiger partial charge in [-0.2, -0.15) is 0 Å². The number of fused-ring (bicyclic) bond motifs is 1. The van der Waals surface area contributed by atoms with Crippen LogP contribution in [0.15, 0.2) is 48.5 Å². The SMILES string of the molecule is CNc1nc2c(s1)[C@H](c1cccc(OCc3ccc(F)cc3)c1)CC(=O)N2. The third-order valence-corrected chi connectivity index (χ3v) is 5.60. The fourth-order valence-corrected chi connectivity index (χ4v) is 4.07. The highest BCUT2D eigenvalue weighted by Crippen LogP contribution is 2.42. The molecule has 5 nitrogen and oxygen atoms in total. The van der Waals surface area contributed by atoms with Crippen LogP contribution in [0.5, 0.6) is 5.75 Å². The van der Waals surface area contributed by atoms with Gasteiger partial charge in [-0.05, 0) is 35.4 Å². The van der Waals surface area contributed by atoms with Crippen molar-refractivity contribution in [1.82, 2.24) is 4.98 Å². The van der Waals surface area contributed by atoms with E-state index >= 15 is 0 Å². The average molecular weight is 383 g/mol. The van der Waals surface area contributed by atoms with Gasteiger partial charge in [0, 0.05) is 19.4 Å². The molecule has 1 amide bonds. The van der Waals surface area contributed by atoms with E-state index in [0.717, 1.165) is 21.1 Å². The van der Waals surface area contributed by atoms with Crippen molar-refractivity contribution in [3.8, 4) is 5.75 Å². The first-order valence-electron chi connectivity index (χ1n) is 8.58. The maximum absolute atomic E-state index is 13.0. The van der Waals surface area contributed by atoms with E-state index in [-0.39, 0.29) is 17.6 Å². The zero-order valence-electron chi connectivity index (χ0n) is 14.7. The molecule has 1 atom stereocenters. The maximum Gasteiger partial charge on any atom is 0.226 e. The minimum absolute atomic E-state index is 0.0434.